The van der Waals surface area contributed by atoms with Crippen molar-refractivity contribution in [2.75, 3.05) is 18.1 Å². The highest BCUT2D eigenvalue weighted by atomic mass is 32.1. The second-order valence-electron chi connectivity index (χ2n) is 3.66. The number of anilines is 1. The number of hydrazine groups is 1. The fourth-order valence-corrected chi connectivity index (χ4v) is 2.56. The maximum Gasteiger partial charge on any atom is 0.240 e. The second kappa shape index (κ2) is 4.72. The van der Waals surface area contributed by atoms with Crippen LogP contribution in [-0.2, 0) is 4.79 Å². The number of hydrogen-bond donors (Lipinski definition) is 0. The van der Waals surface area contributed by atoms with E-state index in [1.165, 1.54) is 17.8 Å². The van der Waals surface area contributed by atoms with E-state index < -0.39 is 0 Å². The molecule has 1 aromatic heterocycles. The first-order valence-electron chi connectivity index (χ1n) is 5.24. The van der Waals surface area contributed by atoms with E-state index in [0.29, 0.717) is 0 Å². The summed E-state index contributed by atoms with van der Waals surface area (Å²) >= 11 is 1.51. The summed E-state index contributed by atoms with van der Waals surface area (Å²) in [5.41, 5.74) is 0. The van der Waals surface area contributed by atoms with Gasteiger partial charge in [-0.3, -0.25) is 4.79 Å². The average molecular weight is 225 g/mol. The molecular formula is C10H15N3OS. The summed E-state index contributed by atoms with van der Waals surface area (Å²) in [6.07, 6.45) is 5.32. The number of carbonyl (C=O) groups excluding carboxylic acids is 1. The molecule has 0 bridgehead atoms. The zero-order valence-corrected chi connectivity index (χ0v) is 9.66. The quantitative estimate of drug-likeness (QED) is 0.771. The third-order valence-corrected chi connectivity index (χ3v) is 3.26. The smallest absolute Gasteiger partial charge is 0.240 e. The predicted octanol–water partition coefficient (Wildman–Crippen LogP) is 1.90. The van der Waals surface area contributed by atoms with Crippen LogP contribution in [0, 0.1) is 0 Å². The Bertz CT molecular complexity index is 319. The van der Waals surface area contributed by atoms with Crippen LogP contribution in [0.5, 0.6) is 0 Å². The number of aromatic nitrogens is 1. The Balaban J connectivity index is 2.15. The van der Waals surface area contributed by atoms with Gasteiger partial charge in [-0.05, 0) is 12.8 Å². The molecule has 2 heterocycles. The molecule has 1 aromatic rings. The number of nitrogens with zero attached hydrogens (tertiary/aromatic N) is 3. The second-order valence-corrected chi connectivity index (χ2v) is 4.53. The third kappa shape index (κ3) is 2.35. The molecule has 0 aromatic carbocycles. The van der Waals surface area contributed by atoms with Crippen molar-refractivity contribution in [3.05, 3.63) is 11.6 Å². The van der Waals surface area contributed by atoms with Gasteiger partial charge in [0.15, 0.2) is 0 Å². The van der Waals surface area contributed by atoms with Gasteiger partial charge in [-0.15, -0.1) is 11.3 Å². The van der Waals surface area contributed by atoms with Crippen LogP contribution < -0.4 is 5.01 Å². The summed E-state index contributed by atoms with van der Waals surface area (Å²) in [5.74, 6) is 0.0480. The van der Waals surface area contributed by atoms with Crippen molar-refractivity contribution in [3.8, 4) is 0 Å². The highest BCUT2D eigenvalue weighted by molar-refractivity contribution is 7.13. The van der Waals surface area contributed by atoms with E-state index in [1.54, 1.807) is 18.1 Å². The molecule has 82 valence electrons. The molecule has 1 fully saturated rings. The maximum absolute atomic E-state index is 11.6. The van der Waals surface area contributed by atoms with Crippen molar-refractivity contribution in [1.29, 1.82) is 0 Å². The lowest BCUT2D eigenvalue weighted by Crippen LogP contribution is -2.48. The summed E-state index contributed by atoms with van der Waals surface area (Å²) in [6, 6.07) is 0. The van der Waals surface area contributed by atoms with Crippen molar-refractivity contribution < 1.29 is 4.79 Å². The highest BCUT2D eigenvalue weighted by Crippen LogP contribution is 2.22. The van der Waals surface area contributed by atoms with Gasteiger partial charge < -0.3 is 0 Å². The van der Waals surface area contributed by atoms with Gasteiger partial charge in [-0.1, -0.05) is 6.42 Å². The van der Waals surface area contributed by atoms with Crippen LogP contribution in [0.3, 0.4) is 0 Å². The first-order chi connectivity index (χ1) is 7.29. The lowest BCUT2D eigenvalue weighted by molar-refractivity contribution is -0.119. The lowest BCUT2D eigenvalue weighted by Gasteiger charge is -2.34. The van der Waals surface area contributed by atoms with E-state index in [0.717, 1.165) is 31.1 Å². The molecule has 1 aliphatic rings. The van der Waals surface area contributed by atoms with E-state index in [4.69, 9.17) is 0 Å². The van der Waals surface area contributed by atoms with Gasteiger partial charge in [-0.2, -0.15) is 0 Å². The molecule has 2 rings (SSSR count). The zero-order chi connectivity index (χ0) is 10.7. The van der Waals surface area contributed by atoms with E-state index in [1.807, 2.05) is 5.38 Å². The van der Waals surface area contributed by atoms with E-state index in [9.17, 15) is 4.79 Å². The van der Waals surface area contributed by atoms with Crippen LogP contribution in [0.4, 0.5) is 5.13 Å². The molecule has 15 heavy (non-hydrogen) atoms. The molecule has 0 saturated carbocycles. The molecule has 1 saturated heterocycles. The molecule has 1 amide bonds. The van der Waals surface area contributed by atoms with E-state index >= 15 is 0 Å². The number of hydrogen-bond acceptors (Lipinski definition) is 4. The van der Waals surface area contributed by atoms with E-state index in [2.05, 4.69) is 9.99 Å². The van der Waals surface area contributed by atoms with Crippen molar-refractivity contribution in [2.24, 2.45) is 0 Å². The van der Waals surface area contributed by atoms with Crippen LogP contribution in [0.15, 0.2) is 11.6 Å². The summed E-state index contributed by atoms with van der Waals surface area (Å²) in [5, 5.41) is 6.49. The summed E-state index contributed by atoms with van der Waals surface area (Å²) in [7, 11) is 0. The Hall–Kier alpha value is -0.940. The number of amides is 1. The SMILES string of the molecule is CC(=O)N(c1nccs1)N1CCCCC1. The van der Waals surface area contributed by atoms with Gasteiger partial charge in [-0.25, -0.2) is 15.0 Å². The number of piperidine rings is 1. The number of thiazole rings is 1. The van der Waals surface area contributed by atoms with Gasteiger partial charge in [0, 0.05) is 31.6 Å². The average Bonchev–Trinajstić information content (AvgIpc) is 2.72. The minimum Gasteiger partial charge on any atom is -0.273 e. The molecule has 0 aliphatic carbocycles. The van der Waals surface area contributed by atoms with E-state index in [-0.39, 0.29) is 5.91 Å². The largest absolute Gasteiger partial charge is 0.273 e. The van der Waals surface area contributed by atoms with Crippen LogP contribution >= 0.6 is 11.3 Å². The standard InChI is InChI=1S/C10H15N3OS/c1-9(14)13(10-11-5-8-15-10)12-6-3-2-4-7-12/h5,8H,2-4,6-7H2,1H3. The molecule has 0 spiro atoms. The van der Waals surface area contributed by atoms with Crippen molar-refractivity contribution in [2.45, 2.75) is 26.2 Å². The van der Waals surface area contributed by atoms with Gasteiger partial charge in [0.1, 0.15) is 0 Å². The van der Waals surface area contributed by atoms with Crippen LogP contribution in [0.1, 0.15) is 26.2 Å². The highest BCUT2D eigenvalue weighted by Gasteiger charge is 2.23. The van der Waals surface area contributed by atoms with Crippen LogP contribution in [-0.4, -0.2) is 29.0 Å². The van der Waals surface area contributed by atoms with Gasteiger partial charge in [0.05, 0.1) is 0 Å². The first-order valence-corrected chi connectivity index (χ1v) is 6.12. The van der Waals surface area contributed by atoms with Crippen LogP contribution in [0.25, 0.3) is 0 Å². The lowest BCUT2D eigenvalue weighted by atomic mass is 10.2. The minimum absolute atomic E-state index is 0.0480. The van der Waals surface area contributed by atoms with Crippen molar-refractivity contribution in [1.82, 2.24) is 9.99 Å². The van der Waals surface area contributed by atoms with Crippen molar-refractivity contribution >= 4 is 22.4 Å². The molecule has 1 aliphatic heterocycles. The molecule has 0 atom stereocenters. The molecule has 5 heteroatoms. The Labute approximate surface area is 93.5 Å². The first kappa shape index (κ1) is 10.6. The van der Waals surface area contributed by atoms with Crippen molar-refractivity contribution in [3.63, 3.8) is 0 Å². The zero-order valence-electron chi connectivity index (χ0n) is 8.85. The topological polar surface area (TPSA) is 36.4 Å². The number of carbonyl (C=O) groups is 1. The predicted molar refractivity (Wildman–Crippen MR) is 60.7 cm³/mol. The summed E-state index contributed by atoms with van der Waals surface area (Å²) in [6.45, 7) is 3.51. The fraction of sp³-hybridized carbons (Fsp3) is 0.600. The molecule has 0 unspecified atom stereocenters. The third-order valence-electron chi connectivity index (χ3n) is 2.51. The van der Waals surface area contributed by atoms with Gasteiger partial charge in [0.2, 0.25) is 11.0 Å². The Morgan fingerprint density at radius 2 is 2.20 bits per heavy atom. The molecule has 4 nitrogen and oxygen atoms in total. The fourth-order valence-electron chi connectivity index (χ4n) is 1.85. The normalized spacial score (nSPS) is 17.7. The Morgan fingerprint density at radius 1 is 1.47 bits per heavy atom. The van der Waals surface area contributed by atoms with Gasteiger partial charge in [0.25, 0.3) is 0 Å². The minimum atomic E-state index is 0.0480. The number of rotatable bonds is 2. The molecule has 0 radical (unpaired) electrons. The Kier molecular flexibility index (Phi) is 3.33. The summed E-state index contributed by atoms with van der Waals surface area (Å²) < 4.78 is 0. The van der Waals surface area contributed by atoms with Crippen LogP contribution in [0.2, 0.25) is 0 Å². The molecular weight excluding hydrogens is 210 g/mol. The Morgan fingerprint density at radius 3 is 2.73 bits per heavy atom. The maximum atomic E-state index is 11.6. The molecule has 0 N–H and O–H groups in total. The van der Waals surface area contributed by atoms with Gasteiger partial charge >= 0.3 is 0 Å². The summed E-state index contributed by atoms with van der Waals surface area (Å²) in [4.78, 5) is 15.8. The monoisotopic (exact) mass is 225 g/mol.